The van der Waals surface area contributed by atoms with Crippen LogP contribution in [0.5, 0.6) is 0 Å². The van der Waals surface area contributed by atoms with Gasteiger partial charge in [-0.25, -0.2) is 0 Å². The van der Waals surface area contributed by atoms with Crippen LogP contribution >= 0.6 is 11.6 Å². The quantitative estimate of drug-likeness (QED) is 0.626. The molecule has 0 saturated carbocycles. The summed E-state index contributed by atoms with van der Waals surface area (Å²) in [5.41, 5.74) is 0.416. The Morgan fingerprint density at radius 3 is 2.29 bits per heavy atom. The molecular weight excluding hydrogens is 240 g/mol. The third kappa shape index (κ3) is 2.31. The van der Waals surface area contributed by atoms with Crippen molar-refractivity contribution in [3.8, 4) is 0 Å². The number of benzene rings is 1. The van der Waals surface area contributed by atoms with Crippen molar-refractivity contribution in [2.45, 2.75) is 0 Å². The van der Waals surface area contributed by atoms with E-state index in [1.165, 1.54) is 0 Å². The van der Waals surface area contributed by atoms with Crippen LogP contribution in [0.3, 0.4) is 0 Å². The van der Waals surface area contributed by atoms with E-state index in [0.717, 1.165) is 5.69 Å². The first-order valence-electron chi connectivity index (χ1n) is 5.19. The minimum absolute atomic E-state index is 0.311. The molecule has 2 rings (SSSR count). The summed E-state index contributed by atoms with van der Waals surface area (Å²) in [4.78, 5) is 22.7. The molecule has 17 heavy (non-hydrogen) atoms. The van der Waals surface area contributed by atoms with Crippen LogP contribution in [0.25, 0.3) is 0 Å². The Bertz CT molecular complexity index is 574. The Kier molecular flexibility index (Phi) is 3.44. The largest absolute Gasteiger partial charge is 0.379 e. The van der Waals surface area contributed by atoms with Crippen molar-refractivity contribution in [2.75, 3.05) is 23.1 Å². The topological polar surface area (TPSA) is 58.2 Å². The lowest BCUT2D eigenvalue weighted by atomic mass is 10.2. The highest BCUT2D eigenvalue weighted by Crippen LogP contribution is 2.19. The van der Waals surface area contributed by atoms with Gasteiger partial charge in [0.05, 0.1) is 0 Å². The van der Waals surface area contributed by atoms with E-state index in [0.29, 0.717) is 23.8 Å². The van der Waals surface area contributed by atoms with Gasteiger partial charge in [-0.15, -0.1) is 11.6 Å². The number of halogens is 1. The number of nitrogens with one attached hydrogen (secondary N) is 2. The molecule has 4 nitrogen and oxygen atoms in total. The van der Waals surface area contributed by atoms with E-state index in [2.05, 4.69) is 10.6 Å². The lowest BCUT2D eigenvalue weighted by molar-refractivity contribution is 1.19. The lowest BCUT2D eigenvalue weighted by Gasteiger charge is -2.13. The monoisotopic (exact) mass is 250 g/mol. The van der Waals surface area contributed by atoms with E-state index in [1.54, 1.807) is 0 Å². The Hall–Kier alpha value is -1.81. The predicted octanol–water partition coefficient (Wildman–Crippen LogP) is 1.68. The van der Waals surface area contributed by atoms with Crippen LogP contribution in [0.15, 0.2) is 39.9 Å². The average Bonchev–Trinajstić information content (AvgIpc) is 2.38. The van der Waals surface area contributed by atoms with E-state index in [-0.39, 0.29) is 0 Å². The first kappa shape index (κ1) is 11.7. The first-order chi connectivity index (χ1) is 8.24. The molecule has 0 aliphatic heterocycles. The zero-order valence-corrected chi connectivity index (χ0v) is 9.75. The highest BCUT2D eigenvalue weighted by molar-refractivity contribution is 6.18. The van der Waals surface area contributed by atoms with Gasteiger partial charge in [-0.2, -0.15) is 0 Å². The third-order valence-electron chi connectivity index (χ3n) is 2.35. The van der Waals surface area contributed by atoms with Crippen LogP contribution in [0.2, 0.25) is 0 Å². The van der Waals surface area contributed by atoms with Gasteiger partial charge in [-0.05, 0) is 12.1 Å². The highest BCUT2D eigenvalue weighted by Gasteiger charge is 2.20. The zero-order chi connectivity index (χ0) is 12.3. The van der Waals surface area contributed by atoms with E-state index in [9.17, 15) is 9.59 Å². The van der Waals surface area contributed by atoms with Crippen LogP contribution in [-0.4, -0.2) is 12.4 Å². The van der Waals surface area contributed by atoms with Gasteiger partial charge in [0.15, 0.2) is 0 Å². The molecule has 0 spiro atoms. The maximum absolute atomic E-state index is 11.4. The molecular formula is C12H11ClN2O2. The van der Waals surface area contributed by atoms with Gasteiger partial charge < -0.3 is 10.6 Å². The molecule has 2 N–H and O–H groups in total. The van der Waals surface area contributed by atoms with Gasteiger partial charge in [0, 0.05) is 18.1 Å². The van der Waals surface area contributed by atoms with Crippen LogP contribution < -0.4 is 21.5 Å². The average molecular weight is 251 g/mol. The molecule has 0 bridgehead atoms. The minimum atomic E-state index is -0.495. The van der Waals surface area contributed by atoms with Crippen molar-refractivity contribution in [1.29, 1.82) is 0 Å². The molecule has 0 heterocycles. The molecule has 0 aromatic heterocycles. The normalized spacial score (nSPS) is 10.4. The molecule has 0 saturated heterocycles. The smallest absolute Gasteiger partial charge is 0.253 e. The second-order valence-corrected chi connectivity index (χ2v) is 3.89. The van der Waals surface area contributed by atoms with Gasteiger partial charge in [0.25, 0.3) is 10.9 Å². The van der Waals surface area contributed by atoms with Gasteiger partial charge in [0.2, 0.25) is 0 Å². The fourth-order valence-electron chi connectivity index (χ4n) is 1.52. The van der Waals surface area contributed by atoms with Crippen LogP contribution in [-0.2, 0) is 0 Å². The van der Waals surface area contributed by atoms with Crippen molar-refractivity contribution >= 4 is 28.7 Å². The van der Waals surface area contributed by atoms with E-state index in [4.69, 9.17) is 11.6 Å². The molecule has 5 heteroatoms. The summed E-state index contributed by atoms with van der Waals surface area (Å²) in [5.74, 6) is 0.379. The van der Waals surface area contributed by atoms with E-state index < -0.39 is 10.9 Å². The predicted molar refractivity (Wildman–Crippen MR) is 70.3 cm³/mol. The molecule has 0 unspecified atom stereocenters. The van der Waals surface area contributed by atoms with Gasteiger partial charge in [-0.1, -0.05) is 18.2 Å². The summed E-state index contributed by atoms with van der Waals surface area (Å²) in [5, 5.41) is 5.76. The third-order valence-corrected chi connectivity index (χ3v) is 2.54. The molecule has 88 valence electrons. The second kappa shape index (κ2) is 5.01. The number of hydrogen-bond donors (Lipinski definition) is 2. The zero-order valence-electron chi connectivity index (χ0n) is 9.00. The molecule has 0 aliphatic carbocycles. The van der Waals surface area contributed by atoms with Crippen molar-refractivity contribution in [1.82, 2.24) is 0 Å². The maximum Gasteiger partial charge on any atom is 0.253 e. The Balaban J connectivity index is 2.19. The maximum atomic E-state index is 11.4. The number of para-hydroxylation sites is 1. The summed E-state index contributed by atoms with van der Waals surface area (Å²) < 4.78 is 0. The molecule has 2 aromatic rings. The Morgan fingerprint density at radius 2 is 1.65 bits per heavy atom. The summed E-state index contributed by atoms with van der Waals surface area (Å²) in [6.07, 6.45) is 0. The molecule has 0 atom stereocenters. The van der Waals surface area contributed by atoms with Crippen molar-refractivity contribution in [3.63, 3.8) is 0 Å². The summed E-state index contributed by atoms with van der Waals surface area (Å²) in [6, 6.07) is 9.21. The second-order valence-electron chi connectivity index (χ2n) is 3.52. The number of hydrogen-bond acceptors (Lipinski definition) is 4. The number of rotatable bonds is 5. The minimum Gasteiger partial charge on any atom is -0.379 e. The number of alkyl halides is 1. The lowest BCUT2D eigenvalue weighted by Crippen LogP contribution is -2.37. The van der Waals surface area contributed by atoms with E-state index in [1.807, 2.05) is 30.3 Å². The molecule has 0 fully saturated rings. The fraction of sp³-hybridized carbons (Fsp3) is 0.167. The molecule has 2 aromatic carbocycles. The van der Waals surface area contributed by atoms with Crippen molar-refractivity contribution < 1.29 is 0 Å². The Labute approximate surface area is 103 Å². The molecule has 0 amide bonds. The summed E-state index contributed by atoms with van der Waals surface area (Å²) >= 11 is 5.52. The molecule has 0 aliphatic rings. The van der Waals surface area contributed by atoms with Crippen molar-refractivity contribution in [3.05, 3.63) is 50.8 Å². The van der Waals surface area contributed by atoms with E-state index >= 15 is 0 Å². The van der Waals surface area contributed by atoms with Gasteiger partial charge in [0.1, 0.15) is 11.4 Å². The van der Waals surface area contributed by atoms with Crippen LogP contribution in [0.1, 0.15) is 0 Å². The van der Waals surface area contributed by atoms with Gasteiger partial charge in [-0.3, -0.25) is 9.59 Å². The van der Waals surface area contributed by atoms with Crippen molar-refractivity contribution in [2.24, 2.45) is 0 Å². The van der Waals surface area contributed by atoms with Gasteiger partial charge >= 0.3 is 0 Å². The summed E-state index contributed by atoms with van der Waals surface area (Å²) in [7, 11) is 0. The SMILES string of the molecule is O=c1c(NCCCl)c(Nc2ccccc2)c1=O. The van der Waals surface area contributed by atoms with Crippen LogP contribution in [0.4, 0.5) is 17.1 Å². The number of anilines is 3. The van der Waals surface area contributed by atoms with Crippen LogP contribution in [0, 0.1) is 0 Å². The standard InChI is InChI=1S/C12H11ClN2O2/c13-6-7-14-9-10(12(17)11(9)16)15-8-4-2-1-3-5-8/h1-5,14-15H,6-7H2. The molecule has 0 radical (unpaired) electrons. The fourth-order valence-corrected chi connectivity index (χ4v) is 1.61. The first-order valence-corrected chi connectivity index (χ1v) is 5.72. The Morgan fingerprint density at radius 1 is 1.00 bits per heavy atom. The summed E-state index contributed by atoms with van der Waals surface area (Å²) in [6.45, 7) is 0.454. The highest BCUT2D eigenvalue weighted by atomic mass is 35.5.